The highest BCUT2D eigenvalue weighted by Gasteiger charge is 2.56. The van der Waals surface area contributed by atoms with E-state index < -0.39 is 31.7 Å². The Hall–Kier alpha value is -7.81. The van der Waals surface area contributed by atoms with Gasteiger partial charge in [0, 0.05) is 90.4 Å². The molecule has 0 saturated carbocycles. The maximum absolute atomic E-state index is 14.4. The number of rotatable bonds is 15. The minimum absolute atomic E-state index is 0.00519. The van der Waals surface area contributed by atoms with Crippen LogP contribution in [0.3, 0.4) is 0 Å². The second-order valence-corrected chi connectivity index (χ2v) is 23.9. The van der Waals surface area contributed by atoms with Crippen LogP contribution in [0.1, 0.15) is 189 Å². The number of nitrogens with two attached hydrogens (primary N) is 1. The lowest BCUT2D eigenvalue weighted by Crippen LogP contribution is -2.37. The Morgan fingerprint density at radius 3 is 1.49 bits per heavy atom. The van der Waals surface area contributed by atoms with Crippen molar-refractivity contribution < 1.29 is 46.7 Å². The molecule has 0 spiro atoms. The van der Waals surface area contributed by atoms with Gasteiger partial charge in [0.05, 0.1) is 13.2 Å². The molecule has 7 aromatic rings. The zero-order valence-electron chi connectivity index (χ0n) is 43.5. The summed E-state index contributed by atoms with van der Waals surface area (Å²) in [5.41, 5.74) is 27.8. The molecule has 0 aliphatic heterocycles. The highest BCUT2D eigenvalue weighted by Crippen LogP contribution is 2.72. The predicted molar refractivity (Wildman–Crippen MR) is 293 cm³/mol. The number of fused-ring (bicyclic) bond motifs is 32. The molecular formula is C63H56N5O10P. The second kappa shape index (κ2) is 18.4. The number of phosphoric ester groups is 1. The molecule has 15 rings (SSSR count). The van der Waals surface area contributed by atoms with Crippen molar-refractivity contribution in [3.8, 4) is 11.5 Å². The average Bonchev–Trinajstić information content (AvgIpc) is 3.61. The van der Waals surface area contributed by atoms with E-state index in [0.717, 1.165) is 59.3 Å². The fraction of sp³-hybridized carbons (Fsp3) is 0.302. The number of benzene rings is 6. The lowest BCUT2D eigenvalue weighted by atomic mass is 9.74. The number of hydrogen-bond acceptors (Lipinski definition) is 10. The number of amides is 3. The predicted octanol–water partition coefficient (Wildman–Crippen LogP) is 10.9. The summed E-state index contributed by atoms with van der Waals surface area (Å²) < 4.78 is 50.8. The third-order valence-electron chi connectivity index (χ3n) is 18.4. The van der Waals surface area contributed by atoms with Crippen molar-refractivity contribution >= 4 is 31.7 Å². The summed E-state index contributed by atoms with van der Waals surface area (Å²) in [5, 5.41) is 5.17. The number of H-pyrrole nitrogens is 1. The molecule has 8 atom stereocenters. The summed E-state index contributed by atoms with van der Waals surface area (Å²) in [6.07, 6.45) is 2.94. The van der Waals surface area contributed by atoms with Gasteiger partial charge in [-0.1, -0.05) is 103 Å². The molecule has 0 fully saturated rings. The van der Waals surface area contributed by atoms with Gasteiger partial charge in [0.25, 0.3) is 11.8 Å². The fourth-order valence-corrected chi connectivity index (χ4v) is 16.0. The zero-order valence-corrected chi connectivity index (χ0v) is 44.4. The highest BCUT2D eigenvalue weighted by atomic mass is 31.2. The minimum atomic E-state index is -4.03. The Morgan fingerprint density at radius 2 is 1.00 bits per heavy atom. The molecule has 8 aliphatic rings. The minimum Gasteiger partial charge on any atom is -0.491 e. The number of guanidine groups is 1. The van der Waals surface area contributed by atoms with Crippen molar-refractivity contribution in [2.75, 3.05) is 40.6 Å². The first-order valence-corrected chi connectivity index (χ1v) is 28.8. The third-order valence-corrected chi connectivity index (χ3v) is 19.7. The van der Waals surface area contributed by atoms with E-state index in [9.17, 15) is 18.9 Å². The van der Waals surface area contributed by atoms with Crippen molar-refractivity contribution in [2.45, 2.75) is 79.6 Å². The van der Waals surface area contributed by atoms with Gasteiger partial charge in [-0.05, 0) is 110 Å². The Bertz CT molecular complexity index is 3690. The zero-order chi connectivity index (χ0) is 53.4. The SMILES string of the molecule is COP(=O)(OC)Oc1c2c(c(OCCOCCNC(=O)c3ccc(C(=O)N/C(N)=N/C(=O)OCc4ccccc4)[nH]3)c3c1[C@H]1C[C@@H]3c3cc4c(cc31)[C@H]1C[C@@H]4c3ccccc31)[C@H]1C[C@@H]2c2cc3c(cc21)[C@H]1C[C@@H]3c2ccccc21. The maximum atomic E-state index is 14.4. The largest absolute Gasteiger partial charge is 0.529 e. The van der Waals surface area contributed by atoms with Gasteiger partial charge in [0.1, 0.15) is 36.1 Å². The number of carbonyl (C=O) groups excluding carboxylic acids is 3. The molecule has 6 aromatic carbocycles. The molecule has 15 nitrogen and oxygen atoms in total. The summed E-state index contributed by atoms with van der Waals surface area (Å²) in [7, 11) is -1.27. The molecule has 0 saturated heterocycles. The lowest BCUT2D eigenvalue weighted by Gasteiger charge is -2.33. The van der Waals surface area contributed by atoms with Crippen LogP contribution in [0, 0.1) is 0 Å². The summed E-state index contributed by atoms with van der Waals surface area (Å²) in [6.45, 7) is 0.879. The Morgan fingerprint density at radius 1 is 0.557 bits per heavy atom. The van der Waals surface area contributed by atoms with Gasteiger partial charge in [-0.3, -0.25) is 24.0 Å². The molecule has 0 radical (unpaired) electrons. The summed E-state index contributed by atoms with van der Waals surface area (Å²) in [5.74, 6) is 1.45. The van der Waals surface area contributed by atoms with Gasteiger partial charge in [0.15, 0.2) is 0 Å². The molecule has 5 N–H and O–H groups in total. The van der Waals surface area contributed by atoms with Gasteiger partial charge < -0.3 is 34.8 Å². The van der Waals surface area contributed by atoms with Crippen LogP contribution < -0.4 is 25.6 Å². The number of phosphoric acid groups is 1. The molecular weight excluding hydrogens is 1020 g/mol. The van der Waals surface area contributed by atoms with E-state index in [4.69, 9.17) is 33.5 Å². The first-order chi connectivity index (χ1) is 38.6. The standard InChI is InChI=1S/C63H56N5O10P/c1-73-79(72,74-2)78-59-56-50-28-48(44-24-40-36-22-38(42(40)26-46(44)50)34-14-8-6-12-32(34)36)54(56)58(55-49-29-51(57(55)59)47-27-43-39-23-37(41(43)25-45(47)49)33-13-7-9-15-35(33)39)76-21-20-75-19-18-65-60(69)52-16-17-53(66-52)61(70)67-62(64)68-63(71)77-30-31-10-4-3-5-11-31/h3-17,24-27,36-39,48-51,66H,18-23,28-30H2,1-2H3,(H,65,69)(H3,64,67,68,70,71)/t36-,37+,38+,39-,48-,49+,50+,51-. The molecule has 8 bridgehead atoms. The molecule has 1 aromatic heterocycles. The van der Waals surface area contributed by atoms with Crippen LogP contribution in [0.2, 0.25) is 0 Å². The highest BCUT2D eigenvalue weighted by molar-refractivity contribution is 7.48. The molecule has 8 aliphatic carbocycles. The van der Waals surface area contributed by atoms with E-state index in [0.29, 0.717) is 29.4 Å². The van der Waals surface area contributed by atoms with Crippen LogP contribution in [0.25, 0.3) is 0 Å². The van der Waals surface area contributed by atoms with Crippen molar-refractivity contribution in [3.63, 3.8) is 0 Å². The first-order valence-electron chi connectivity index (χ1n) is 27.3. The topological polar surface area (TPSA) is 202 Å². The van der Waals surface area contributed by atoms with Gasteiger partial charge in [0.2, 0.25) is 5.96 Å². The maximum Gasteiger partial charge on any atom is 0.529 e. The van der Waals surface area contributed by atoms with E-state index in [1.165, 1.54) is 93.1 Å². The van der Waals surface area contributed by atoms with Gasteiger partial charge in [-0.15, -0.1) is 4.99 Å². The lowest BCUT2D eigenvalue weighted by molar-refractivity contribution is 0.0861. The number of nitrogens with one attached hydrogen (secondary N) is 3. The average molecular weight is 1070 g/mol. The van der Waals surface area contributed by atoms with Crippen LogP contribution in [0.15, 0.2) is 120 Å². The molecule has 398 valence electrons. The third kappa shape index (κ3) is 7.46. The van der Waals surface area contributed by atoms with Gasteiger partial charge >= 0.3 is 13.9 Å². The molecule has 79 heavy (non-hydrogen) atoms. The van der Waals surface area contributed by atoms with Crippen molar-refractivity contribution in [1.82, 2.24) is 15.6 Å². The molecule has 1 heterocycles. The number of hydrogen-bond donors (Lipinski definition) is 4. The Kier molecular flexibility index (Phi) is 11.2. The summed E-state index contributed by atoms with van der Waals surface area (Å²) >= 11 is 0. The number of aliphatic imine (C=N–C) groups is 1. The Labute approximate surface area is 455 Å². The monoisotopic (exact) mass is 1070 g/mol. The number of ether oxygens (including phenoxy) is 3. The fourth-order valence-electron chi connectivity index (χ4n) is 15.3. The van der Waals surface area contributed by atoms with Gasteiger partial charge in [-0.2, -0.15) is 0 Å². The van der Waals surface area contributed by atoms with Crippen LogP contribution in [-0.4, -0.2) is 69.4 Å². The van der Waals surface area contributed by atoms with Gasteiger partial charge in [-0.25, -0.2) is 9.36 Å². The quantitative estimate of drug-likeness (QED) is 0.0329. The molecule has 16 heteroatoms. The number of carbonyl (C=O) groups is 3. The van der Waals surface area contributed by atoms with Crippen molar-refractivity contribution in [3.05, 3.63) is 221 Å². The van der Waals surface area contributed by atoms with E-state index in [1.807, 2.05) is 18.2 Å². The van der Waals surface area contributed by atoms with Crippen LogP contribution >= 0.6 is 7.82 Å². The van der Waals surface area contributed by atoms with Crippen LogP contribution in [-0.2, 0) is 29.7 Å². The van der Waals surface area contributed by atoms with Crippen molar-refractivity contribution in [2.24, 2.45) is 10.7 Å². The smallest absolute Gasteiger partial charge is 0.491 e. The second-order valence-electron chi connectivity index (χ2n) is 22.1. The van der Waals surface area contributed by atoms with E-state index >= 15 is 0 Å². The van der Waals surface area contributed by atoms with Crippen molar-refractivity contribution in [1.29, 1.82) is 0 Å². The van der Waals surface area contributed by atoms with Crippen LogP contribution in [0.4, 0.5) is 4.79 Å². The van der Waals surface area contributed by atoms with E-state index in [-0.39, 0.29) is 68.0 Å². The van der Waals surface area contributed by atoms with E-state index in [2.05, 4.69) is 93.4 Å². The molecule has 0 unspecified atom stereocenters. The molecule has 3 amide bonds. The van der Waals surface area contributed by atoms with Crippen LogP contribution in [0.5, 0.6) is 11.5 Å². The Balaban J connectivity index is 0.690. The summed E-state index contributed by atoms with van der Waals surface area (Å²) in [4.78, 5) is 44.6. The normalized spacial score (nSPS) is 22.8. The van der Waals surface area contributed by atoms with E-state index in [1.54, 1.807) is 12.1 Å². The number of nitrogens with zero attached hydrogens (tertiary/aromatic N) is 1. The number of aromatic amines is 1. The summed E-state index contributed by atoms with van der Waals surface area (Å²) in [6, 6.07) is 39.8. The first kappa shape index (κ1) is 48.3. The number of aromatic nitrogens is 1.